The average molecular weight is 374 g/mol. The van der Waals surface area contributed by atoms with Crippen molar-refractivity contribution in [3.05, 3.63) is 64.8 Å². The second-order valence-corrected chi connectivity index (χ2v) is 8.52. The van der Waals surface area contributed by atoms with E-state index in [9.17, 15) is 4.79 Å². The molecule has 1 atom stereocenters. The minimum absolute atomic E-state index is 0.122. The molecule has 0 spiro atoms. The summed E-state index contributed by atoms with van der Waals surface area (Å²) in [6, 6.07) is 14.4. The van der Waals surface area contributed by atoms with Crippen LogP contribution in [0.3, 0.4) is 0 Å². The minimum Gasteiger partial charge on any atom is -0.490 e. The van der Waals surface area contributed by atoms with Crippen molar-refractivity contribution in [2.75, 3.05) is 26.7 Å². The van der Waals surface area contributed by atoms with Crippen LogP contribution in [0.15, 0.2) is 42.5 Å². The van der Waals surface area contributed by atoms with Crippen LogP contribution in [-0.2, 0) is 18.3 Å². The highest BCUT2D eigenvalue weighted by Crippen LogP contribution is 2.41. The van der Waals surface area contributed by atoms with Gasteiger partial charge in [0.25, 0.3) is 0 Å². The third-order valence-corrected chi connectivity index (χ3v) is 6.46. The van der Waals surface area contributed by atoms with Gasteiger partial charge in [-0.3, -0.25) is 9.36 Å². The molecule has 5 rings (SSSR count). The quantitative estimate of drug-likeness (QED) is 0.646. The summed E-state index contributed by atoms with van der Waals surface area (Å²) in [4.78, 5) is 16.4. The first-order chi connectivity index (χ1) is 13.5. The molecule has 0 amide bonds. The molecule has 0 radical (unpaired) electrons. The van der Waals surface area contributed by atoms with Gasteiger partial charge in [-0.1, -0.05) is 30.3 Å². The van der Waals surface area contributed by atoms with Crippen LogP contribution in [0.25, 0.3) is 10.9 Å². The zero-order chi connectivity index (χ0) is 19.5. The number of aryl methyl sites for hydroxylation is 1. The van der Waals surface area contributed by atoms with E-state index in [0.29, 0.717) is 6.61 Å². The molecule has 0 bridgehead atoms. The van der Waals surface area contributed by atoms with E-state index < -0.39 is 5.41 Å². The highest BCUT2D eigenvalue weighted by molar-refractivity contribution is 6.04. The van der Waals surface area contributed by atoms with Crippen molar-refractivity contribution >= 4 is 16.8 Å². The summed E-state index contributed by atoms with van der Waals surface area (Å²) >= 11 is 0. The molecule has 0 aliphatic carbocycles. The van der Waals surface area contributed by atoms with Gasteiger partial charge in [0, 0.05) is 30.6 Å². The van der Waals surface area contributed by atoms with Crippen LogP contribution in [-0.4, -0.2) is 42.1 Å². The van der Waals surface area contributed by atoms with Crippen molar-refractivity contribution in [2.24, 2.45) is 0 Å². The van der Waals surface area contributed by atoms with Crippen LogP contribution < -0.4 is 4.74 Å². The highest BCUT2D eigenvalue weighted by Gasteiger charge is 2.42. The second-order valence-electron chi connectivity index (χ2n) is 8.52. The van der Waals surface area contributed by atoms with Crippen molar-refractivity contribution in [1.29, 1.82) is 0 Å². The Morgan fingerprint density at radius 2 is 1.82 bits per heavy atom. The van der Waals surface area contributed by atoms with Crippen LogP contribution in [0.4, 0.5) is 0 Å². The number of nitrogens with zero attached hydrogens (tertiary/aromatic N) is 2. The van der Waals surface area contributed by atoms with Gasteiger partial charge in [0.15, 0.2) is 0 Å². The number of aromatic nitrogens is 1. The summed E-state index contributed by atoms with van der Waals surface area (Å²) in [6.07, 6.45) is 1.85. The number of ether oxygens (including phenoxy) is 1. The van der Waals surface area contributed by atoms with Gasteiger partial charge < -0.3 is 9.64 Å². The maximum absolute atomic E-state index is 14.0. The highest BCUT2D eigenvalue weighted by atomic mass is 16.5. The van der Waals surface area contributed by atoms with Gasteiger partial charge in [-0.25, -0.2) is 0 Å². The van der Waals surface area contributed by atoms with Gasteiger partial charge >= 0.3 is 0 Å². The fourth-order valence-corrected chi connectivity index (χ4v) is 4.76. The van der Waals surface area contributed by atoms with Gasteiger partial charge in [0.05, 0.1) is 5.52 Å². The van der Waals surface area contributed by atoms with E-state index in [2.05, 4.69) is 31.0 Å². The second kappa shape index (κ2) is 6.21. The first-order valence-corrected chi connectivity index (χ1v) is 10.1. The molecule has 3 heterocycles. The number of benzene rings is 2. The molecule has 144 valence electrons. The summed E-state index contributed by atoms with van der Waals surface area (Å²) in [5, 5.41) is 1.19. The Bertz CT molecular complexity index is 1080. The van der Waals surface area contributed by atoms with Crippen LogP contribution in [0.5, 0.6) is 5.75 Å². The lowest BCUT2D eigenvalue weighted by atomic mass is 9.82. The molecule has 3 aromatic rings. The van der Waals surface area contributed by atoms with Crippen molar-refractivity contribution < 1.29 is 9.53 Å². The minimum atomic E-state index is -0.716. The van der Waals surface area contributed by atoms with Crippen molar-refractivity contribution in [3.8, 4) is 5.75 Å². The van der Waals surface area contributed by atoms with Crippen LogP contribution in [0.1, 0.15) is 34.1 Å². The Morgan fingerprint density at radius 1 is 1.07 bits per heavy atom. The molecule has 2 aliphatic rings. The summed E-state index contributed by atoms with van der Waals surface area (Å²) < 4.78 is 8.32. The Hall–Kier alpha value is -2.59. The predicted molar refractivity (Wildman–Crippen MR) is 111 cm³/mol. The number of hydrogen-bond acceptors (Lipinski definition) is 3. The third-order valence-electron chi connectivity index (χ3n) is 6.46. The third kappa shape index (κ3) is 2.44. The number of carbonyl (C=O) groups excluding carboxylic acids is 1. The molecule has 0 N–H and O–H groups in total. The van der Waals surface area contributed by atoms with Gasteiger partial charge in [0.1, 0.15) is 17.8 Å². The lowest BCUT2D eigenvalue weighted by molar-refractivity contribution is 0.0768. The first kappa shape index (κ1) is 17.5. The number of fused-ring (bicyclic) bond motifs is 3. The topological polar surface area (TPSA) is 34.5 Å². The maximum atomic E-state index is 14.0. The molecular formula is C24H26N2O2. The summed E-state index contributed by atoms with van der Waals surface area (Å²) in [5.74, 6) is 0.960. The monoisotopic (exact) mass is 374 g/mol. The lowest BCUT2D eigenvalue weighted by Crippen LogP contribution is -2.41. The molecule has 4 nitrogen and oxygen atoms in total. The Morgan fingerprint density at radius 3 is 2.61 bits per heavy atom. The molecule has 28 heavy (non-hydrogen) atoms. The Balaban J connectivity index is 1.80. The van der Waals surface area contributed by atoms with Crippen molar-refractivity contribution in [3.63, 3.8) is 0 Å². The van der Waals surface area contributed by atoms with E-state index in [1.54, 1.807) is 0 Å². The van der Waals surface area contributed by atoms with Gasteiger partial charge in [-0.15, -0.1) is 0 Å². The van der Waals surface area contributed by atoms with E-state index in [0.717, 1.165) is 42.8 Å². The smallest absolute Gasteiger partial charge is 0.245 e. The Labute approximate surface area is 165 Å². The molecule has 2 aliphatic heterocycles. The van der Waals surface area contributed by atoms with Gasteiger partial charge in [-0.2, -0.15) is 0 Å². The summed E-state index contributed by atoms with van der Waals surface area (Å²) in [5.41, 5.74) is 4.92. The number of likely N-dealkylation sites (N-methyl/N-ethyl adjacent to an activating group) is 1. The number of rotatable bonds is 1. The standard InChI is InChI=1S/C24H26N2O2/c1-16-13-19-18-9-11-25(3)12-10-20(18)26-22(19)21(14-16)28-15-24(2,23(26)27)17-7-5-4-6-8-17/h4-8,13-14H,9-12,15H2,1-3H3. The molecule has 2 aromatic carbocycles. The zero-order valence-electron chi connectivity index (χ0n) is 16.8. The van der Waals surface area contributed by atoms with Crippen molar-refractivity contribution in [1.82, 2.24) is 9.47 Å². The largest absolute Gasteiger partial charge is 0.490 e. The Kier molecular flexibility index (Phi) is 3.88. The molecule has 0 saturated carbocycles. The molecule has 1 unspecified atom stereocenters. The fourth-order valence-electron chi connectivity index (χ4n) is 4.76. The molecule has 4 heteroatoms. The lowest BCUT2D eigenvalue weighted by Gasteiger charge is -2.27. The van der Waals surface area contributed by atoms with E-state index in [1.165, 1.54) is 22.2 Å². The number of carbonyl (C=O) groups is 1. The average Bonchev–Trinajstić information content (AvgIpc) is 2.79. The van der Waals surface area contributed by atoms with Crippen LogP contribution in [0, 0.1) is 6.92 Å². The normalized spacial score (nSPS) is 22.5. The van der Waals surface area contributed by atoms with E-state index in [1.807, 2.05) is 41.8 Å². The SMILES string of the molecule is Cc1cc2c3c(c1)c1c(n3C(=O)C(C)(c3ccccc3)CO2)CCN(C)CC1. The maximum Gasteiger partial charge on any atom is 0.245 e. The summed E-state index contributed by atoms with van der Waals surface area (Å²) in [7, 11) is 2.16. The number of hydrogen-bond donors (Lipinski definition) is 0. The van der Waals surface area contributed by atoms with Crippen LogP contribution in [0.2, 0.25) is 0 Å². The van der Waals surface area contributed by atoms with E-state index in [4.69, 9.17) is 4.74 Å². The van der Waals surface area contributed by atoms with Gasteiger partial charge in [0.2, 0.25) is 5.91 Å². The first-order valence-electron chi connectivity index (χ1n) is 10.1. The van der Waals surface area contributed by atoms with Crippen LogP contribution >= 0.6 is 0 Å². The van der Waals surface area contributed by atoms with Gasteiger partial charge in [-0.05, 0) is 56.1 Å². The molecule has 0 fully saturated rings. The molecule has 1 aromatic heterocycles. The fraction of sp³-hybridized carbons (Fsp3) is 0.375. The van der Waals surface area contributed by atoms with Crippen molar-refractivity contribution in [2.45, 2.75) is 32.1 Å². The zero-order valence-corrected chi connectivity index (χ0v) is 16.8. The predicted octanol–water partition coefficient (Wildman–Crippen LogP) is 3.97. The molecular weight excluding hydrogens is 348 g/mol. The van der Waals surface area contributed by atoms with E-state index in [-0.39, 0.29) is 5.91 Å². The molecule has 0 saturated heterocycles. The van der Waals surface area contributed by atoms with E-state index >= 15 is 0 Å². The summed E-state index contributed by atoms with van der Waals surface area (Å²) in [6.45, 7) is 6.46.